The highest BCUT2D eigenvalue weighted by Gasteiger charge is 2.63. The minimum atomic E-state index is -0.364. The predicted octanol–water partition coefficient (Wildman–Crippen LogP) is 26.6. The summed E-state index contributed by atoms with van der Waals surface area (Å²) in [6.45, 7) is 78.5. The molecule has 17 heteroatoms. The van der Waals surface area contributed by atoms with E-state index in [2.05, 4.69) is 138 Å². The molecule has 118 heavy (non-hydrogen) atoms. The van der Waals surface area contributed by atoms with Crippen LogP contribution >= 0.6 is 0 Å². The SMILES string of the molecule is C=C(C)C(=O)OC(C)CC(C)CC(C)CC.C=C(C)C(=O)OC1CC2CCC1(C)C2(C)C.C=C(C)C(=O)OCC(C)C.C=C(C)C(=O)OCC(CC)CCCCC.C=C(C)C(=O)OCCC.C=C(C)C(=O)OCCCC.C=C(C)C(=O)OCCCCCCCCCCCCCCCCCC.C=C(C)C(=O)OCCOC.C=Cc1ccccc1. The van der Waals surface area contributed by atoms with E-state index < -0.39 is 0 Å². The molecule has 0 radical (unpaired) electrons. The number of fused-ring (bicyclic) bond motifs is 2. The van der Waals surface area contributed by atoms with E-state index in [-0.39, 0.29) is 65.4 Å². The van der Waals surface area contributed by atoms with Crippen molar-refractivity contribution < 1.29 is 81.0 Å². The first-order valence-electron chi connectivity index (χ1n) is 44.3. The summed E-state index contributed by atoms with van der Waals surface area (Å²) in [7, 11) is 1.55. The van der Waals surface area contributed by atoms with Crippen molar-refractivity contribution in [3.8, 4) is 0 Å². The van der Waals surface area contributed by atoms with Crippen LogP contribution in [0.4, 0.5) is 0 Å². The van der Waals surface area contributed by atoms with E-state index in [0.29, 0.717) is 120 Å². The normalized spacial score (nSPS) is 14.9. The smallest absolute Gasteiger partial charge is 0.333 e. The van der Waals surface area contributed by atoms with E-state index in [1.165, 1.54) is 147 Å². The number of methoxy groups -OCH3 is 1. The van der Waals surface area contributed by atoms with Gasteiger partial charge in [-0.1, -0.05) is 320 Å². The first-order chi connectivity index (χ1) is 55.5. The van der Waals surface area contributed by atoms with Gasteiger partial charge in [0.25, 0.3) is 0 Å². The molecule has 2 aliphatic rings. The van der Waals surface area contributed by atoms with Crippen molar-refractivity contribution in [2.24, 2.45) is 40.4 Å². The lowest BCUT2D eigenvalue weighted by Crippen LogP contribution is -2.38. The van der Waals surface area contributed by atoms with Crippen LogP contribution in [0.1, 0.15) is 351 Å². The van der Waals surface area contributed by atoms with E-state index in [9.17, 15) is 38.4 Å². The summed E-state index contributed by atoms with van der Waals surface area (Å²) < 4.78 is 44.8. The minimum Gasteiger partial charge on any atom is -0.462 e. The maximum Gasteiger partial charge on any atom is 0.333 e. The van der Waals surface area contributed by atoms with Gasteiger partial charge in [-0.2, -0.15) is 0 Å². The van der Waals surface area contributed by atoms with Gasteiger partial charge in [-0.15, -0.1) is 0 Å². The van der Waals surface area contributed by atoms with Crippen molar-refractivity contribution in [2.75, 3.05) is 53.4 Å². The van der Waals surface area contributed by atoms with Gasteiger partial charge in [-0.3, -0.25) is 0 Å². The Bertz CT molecular complexity index is 2940. The van der Waals surface area contributed by atoms with Crippen molar-refractivity contribution in [1.29, 1.82) is 0 Å². The Labute approximate surface area is 721 Å². The fraction of sp³-hybridized carbons (Fsp3) is 0.683. The quantitative estimate of drug-likeness (QED) is 0.0256. The van der Waals surface area contributed by atoms with Crippen LogP contribution < -0.4 is 0 Å². The summed E-state index contributed by atoms with van der Waals surface area (Å²) in [4.78, 5) is 87.9. The number of carbonyl (C=O) groups excluding carboxylic acids is 8. The number of esters is 8. The maximum absolute atomic E-state index is 11.6. The van der Waals surface area contributed by atoms with Crippen LogP contribution in [0.25, 0.3) is 6.08 Å². The number of ether oxygens (including phenoxy) is 9. The summed E-state index contributed by atoms with van der Waals surface area (Å²) in [5.74, 6) is 0.708. The fourth-order valence-electron chi connectivity index (χ4n) is 11.8. The van der Waals surface area contributed by atoms with Crippen LogP contribution in [0.2, 0.25) is 0 Å². The molecule has 7 unspecified atom stereocenters. The van der Waals surface area contributed by atoms with Gasteiger partial charge in [0.05, 0.1) is 45.7 Å². The van der Waals surface area contributed by atoms with Gasteiger partial charge < -0.3 is 42.6 Å². The Morgan fingerprint density at radius 2 is 0.788 bits per heavy atom. The molecule has 7 atom stereocenters. The zero-order valence-electron chi connectivity index (χ0n) is 79.5. The highest BCUT2D eigenvalue weighted by atomic mass is 16.6. The molecule has 0 aromatic heterocycles. The van der Waals surface area contributed by atoms with Gasteiger partial charge in [-0.25, -0.2) is 38.4 Å². The lowest BCUT2D eigenvalue weighted by Gasteiger charge is -2.38. The van der Waals surface area contributed by atoms with E-state index in [1.54, 1.807) is 62.5 Å². The van der Waals surface area contributed by atoms with Gasteiger partial charge in [0.2, 0.25) is 0 Å². The van der Waals surface area contributed by atoms with Gasteiger partial charge in [0, 0.05) is 57.1 Å². The third-order valence-corrected chi connectivity index (χ3v) is 20.0. The number of unbranched alkanes of at least 4 members (excludes halogenated alkanes) is 18. The molecule has 2 bridgehead atoms. The molecule has 0 spiro atoms. The van der Waals surface area contributed by atoms with Gasteiger partial charge in [0.1, 0.15) is 12.7 Å². The number of hydrogen-bond acceptors (Lipinski definition) is 17. The zero-order chi connectivity index (χ0) is 91.6. The summed E-state index contributed by atoms with van der Waals surface area (Å²) >= 11 is 0. The Morgan fingerprint density at radius 1 is 0.415 bits per heavy atom. The molecule has 2 fully saturated rings. The van der Waals surface area contributed by atoms with Crippen LogP contribution in [-0.4, -0.2) is 113 Å². The van der Waals surface area contributed by atoms with Crippen molar-refractivity contribution in [2.45, 2.75) is 357 Å². The Hall–Kier alpha value is -7.40. The average molecular weight is 1660 g/mol. The average Bonchev–Trinajstić information content (AvgIpc) is 1.56. The standard InChI is InChI=1S/C22H42O2.C14H22O2.C14H26O2.C13H24O2.2C8H14O2.C8H8.C7H12O3.C7H12O2/c1-4-5-6-7-8-9-10-11-12-13-14-15-16-17-18-19-20-24-22(23)21(2)3;1-9(2)12(15)16-11-8-10-6-7-14(11,5)13(10,3)4;1-7-11(4)8-12(5)9-13(6)16-14(15)10(2)3;1-5-7-8-9-12(6-2)10-15-13(14)11(3)4;1-6(2)5-10-8(9)7(3)4;1-4-5-6-10-8(9)7(2)3;1-2-8-6-4-3-5-7-8;1-6(2)7(8)10-5-4-9-3;1-4-5-9-7(8)6(2)3/h2,4-20H2,1,3H3;10-11H,1,6-8H2,2-5H3;11-13H,2,7-9H2,1,3-6H3;12H,3,5-10H2,1-2,4H3;6H,3,5H2,1-2,4H3;2,4-6H2,1,3H3;2-7H,1H2;1,4-5H2,2-3H3;2,4-5H2,1,3H3. The highest BCUT2D eigenvalue weighted by molar-refractivity contribution is 5.89. The van der Waals surface area contributed by atoms with Crippen molar-refractivity contribution in [1.82, 2.24) is 0 Å². The molecule has 3 rings (SSSR count). The highest BCUT2D eigenvalue weighted by Crippen LogP contribution is 2.66. The summed E-state index contributed by atoms with van der Waals surface area (Å²) in [5, 5.41) is 0. The second kappa shape index (κ2) is 78.2. The van der Waals surface area contributed by atoms with E-state index >= 15 is 0 Å². The monoisotopic (exact) mass is 1660 g/mol. The third-order valence-electron chi connectivity index (χ3n) is 20.0. The number of hydrogen-bond donors (Lipinski definition) is 0. The largest absolute Gasteiger partial charge is 0.462 e. The first kappa shape index (κ1) is 121. The summed E-state index contributed by atoms with van der Waals surface area (Å²) in [5.41, 5.74) is 5.38. The molecule has 1 aromatic rings. The summed E-state index contributed by atoms with van der Waals surface area (Å²) in [6, 6.07) is 10.0. The van der Waals surface area contributed by atoms with Crippen molar-refractivity contribution in [3.63, 3.8) is 0 Å². The van der Waals surface area contributed by atoms with Crippen LogP contribution in [0, 0.1) is 40.4 Å². The lowest BCUT2D eigenvalue weighted by molar-refractivity contribution is -0.152. The van der Waals surface area contributed by atoms with Crippen LogP contribution in [0.5, 0.6) is 0 Å². The Morgan fingerprint density at radius 3 is 1.13 bits per heavy atom. The third kappa shape index (κ3) is 70.4. The molecular weight excluding hydrogens is 1490 g/mol. The summed E-state index contributed by atoms with van der Waals surface area (Å²) in [6.07, 6.45) is 39.3. The first-order valence-corrected chi connectivity index (χ1v) is 44.3. The molecule has 1 aromatic carbocycles. The molecule has 0 saturated heterocycles. The van der Waals surface area contributed by atoms with Crippen LogP contribution in [-0.2, 0) is 81.0 Å². The molecule has 17 nitrogen and oxygen atoms in total. The number of benzene rings is 1. The van der Waals surface area contributed by atoms with Gasteiger partial charge in [-0.05, 0) is 161 Å². The number of carbonyl (C=O) groups is 8. The minimum absolute atomic E-state index is 0.0109. The molecule has 680 valence electrons. The zero-order valence-corrected chi connectivity index (χ0v) is 79.5. The fourth-order valence-corrected chi connectivity index (χ4v) is 11.8. The lowest BCUT2D eigenvalue weighted by atomic mass is 9.70. The van der Waals surface area contributed by atoms with Crippen molar-refractivity contribution in [3.05, 3.63) is 140 Å². The van der Waals surface area contributed by atoms with Crippen LogP contribution in [0.15, 0.2) is 134 Å². The van der Waals surface area contributed by atoms with Gasteiger partial charge >= 0.3 is 47.8 Å². The Balaban J connectivity index is -0.000000305. The van der Waals surface area contributed by atoms with E-state index in [0.717, 1.165) is 57.3 Å². The van der Waals surface area contributed by atoms with Crippen molar-refractivity contribution >= 4 is 53.8 Å². The Kier molecular flexibility index (Phi) is 80.4. The van der Waals surface area contributed by atoms with Gasteiger partial charge in [0.15, 0.2) is 0 Å². The molecule has 0 heterocycles. The topological polar surface area (TPSA) is 220 Å². The van der Waals surface area contributed by atoms with E-state index in [1.807, 2.05) is 64.1 Å². The molecular formula is C101H174O17. The molecule has 0 aliphatic heterocycles. The second-order valence-electron chi connectivity index (χ2n) is 33.2. The number of rotatable bonds is 50. The molecule has 0 N–H and O–H groups in total. The molecule has 0 amide bonds. The predicted molar refractivity (Wildman–Crippen MR) is 493 cm³/mol. The van der Waals surface area contributed by atoms with E-state index in [4.69, 9.17) is 33.2 Å². The molecule has 2 aliphatic carbocycles. The van der Waals surface area contributed by atoms with Crippen LogP contribution in [0.3, 0.4) is 0 Å². The molecule has 2 saturated carbocycles. The second-order valence-corrected chi connectivity index (χ2v) is 33.2. The maximum atomic E-state index is 11.6.